The predicted octanol–water partition coefficient (Wildman–Crippen LogP) is 3.80. The summed E-state index contributed by atoms with van der Waals surface area (Å²) in [6, 6.07) is 7.67. The maximum Gasteiger partial charge on any atom is 0.415 e. The molecule has 0 spiro atoms. The Bertz CT molecular complexity index is 907. The minimum Gasteiger partial charge on any atom is -0.413 e. The van der Waals surface area contributed by atoms with Crippen LogP contribution in [0.25, 0.3) is 0 Å². The van der Waals surface area contributed by atoms with Crippen LogP contribution in [-0.4, -0.2) is 50.4 Å². The predicted molar refractivity (Wildman–Crippen MR) is 113 cm³/mol. The van der Waals surface area contributed by atoms with Crippen molar-refractivity contribution in [3.8, 4) is 5.75 Å². The van der Waals surface area contributed by atoms with E-state index in [0.29, 0.717) is 31.4 Å². The first-order valence-corrected chi connectivity index (χ1v) is 10.9. The number of carbonyl (C=O) groups excluding carboxylic acids is 1. The third-order valence-electron chi connectivity index (χ3n) is 5.13. The maximum absolute atomic E-state index is 12.5. The number of aromatic nitrogens is 4. The van der Waals surface area contributed by atoms with Gasteiger partial charge in [-0.25, -0.2) is 14.8 Å². The van der Waals surface area contributed by atoms with Gasteiger partial charge in [0.05, 0.1) is 6.20 Å². The van der Waals surface area contributed by atoms with E-state index in [1.165, 1.54) is 0 Å². The highest BCUT2D eigenvalue weighted by molar-refractivity contribution is 7.99. The van der Waals surface area contributed by atoms with Gasteiger partial charge in [-0.3, -0.25) is 0 Å². The van der Waals surface area contributed by atoms with Crippen molar-refractivity contribution >= 4 is 17.9 Å². The van der Waals surface area contributed by atoms with Crippen LogP contribution < -0.4 is 9.57 Å². The Hall–Kier alpha value is -2.94. The topological polar surface area (TPSA) is 85.3 Å². The van der Waals surface area contributed by atoms with Crippen LogP contribution in [0, 0.1) is 5.92 Å². The van der Waals surface area contributed by atoms with Gasteiger partial charge in [0, 0.05) is 36.9 Å². The van der Waals surface area contributed by atoms with Crippen LogP contribution in [0.4, 0.5) is 4.79 Å². The average molecular weight is 428 g/mol. The van der Waals surface area contributed by atoms with Crippen LogP contribution in [-0.2, 0) is 0 Å². The van der Waals surface area contributed by atoms with E-state index in [-0.39, 0.29) is 11.3 Å². The number of likely N-dealkylation sites (tertiary alicyclic amines) is 1. The summed E-state index contributed by atoms with van der Waals surface area (Å²) in [5.41, 5.74) is 1.15. The van der Waals surface area contributed by atoms with Gasteiger partial charge in [-0.15, -0.1) is 0 Å². The lowest BCUT2D eigenvalue weighted by Gasteiger charge is -2.30. The second-order valence-corrected chi connectivity index (χ2v) is 8.57. The molecule has 9 heteroatoms. The van der Waals surface area contributed by atoms with E-state index in [1.54, 1.807) is 46.3 Å². The van der Waals surface area contributed by atoms with Gasteiger partial charge in [0.15, 0.2) is 5.16 Å². The first-order valence-electron chi connectivity index (χ1n) is 10.0. The quantitative estimate of drug-likeness (QED) is 0.578. The Kier molecular flexibility index (Phi) is 6.58. The van der Waals surface area contributed by atoms with Gasteiger partial charge in [-0.2, -0.15) is 4.73 Å². The molecule has 1 aromatic carbocycles. The van der Waals surface area contributed by atoms with Crippen molar-refractivity contribution in [2.24, 2.45) is 5.92 Å². The van der Waals surface area contributed by atoms with E-state index < -0.39 is 0 Å². The molecule has 1 saturated heterocycles. The van der Waals surface area contributed by atoms with Crippen molar-refractivity contribution < 1.29 is 14.4 Å². The summed E-state index contributed by atoms with van der Waals surface area (Å²) in [7, 11) is 0. The number of carbonyl (C=O) groups is 1. The number of piperidine rings is 1. The van der Waals surface area contributed by atoms with Gasteiger partial charge >= 0.3 is 6.09 Å². The first kappa shape index (κ1) is 20.3. The number of thioether (sulfide) groups is 1. The molecular weight excluding hydrogens is 402 g/mol. The van der Waals surface area contributed by atoms with Crippen LogP contribution in [0.1, 0.15) is 30.6 Å². The molecule has 158 valence electrons. The first-order chi connectivity index (χ1) is 14.7. The molecule has 1 amide bonds. The molecule has 0 radical (unpaired) electrons. The SMILES string of the molecule is CC(Sc1ncc[nH]1)c1ccc(OC(=O)N2CCC(COn3ccnc3)CC2)cc1. The fraction of sp³-hybridized carbons (Fsp3) is 0.381. The molecule has 0 saturated carbocycles. The van der Waals surface area contributed by atoms with Crippen molar-refractivity contribution in [3.05, 3.63) is 60.9 Å². The highest BCUT2D eigenvalue weighted by Crippen LogP contribution is 2.33. The summed E-state index contributed by atoms with van der Waals surface area (Å²) in [6.45, 7) is 4.08. The number of nitrogens with zero attached hydrogens (tertiary/aromatic N) is 4. The zero-order valence-electron chi connectivity index (χ0n) is 16.8. The minimum atomic E-state index is -0.297. The molecule has 0 bridgehead atoms. The zero-order valence-corrected chi connectivity index (χ0v) is 17.6. The van der Waals surface area contributed by atoms with Gasteiger partial charge in [-0.05, 0) is 43.4 Å². The van der Waals surface area contributed by atoms with Gasteiger partial charge < -0.3 is 19.5 Å². The number of H-pyrrole nitrogens is 1. The third kappa shape index (κ3) is 5.35. The van der Waals surface area contributed by atoms with Crippen LogP contribution >= 0.6 is 11.8 Å². The molecule has 30 heavy (non-hydrogen) atoms. The van der Waals surface area contributed by atoms with Gasteiger partial charge in [0.1, 0.15) is 18.7 Å². The van der Waals surface area contributed by atoms with Crippen molar-refractivity contribution in [2.45, 2.75) is 30.2 Å². The fourth-order valence-corrected chi connectivity index (χ4v) is 4.21. The third-order valence-corrected chi connectivity index (χ3v) is 6.20. The number of benzene rings is 1. The summed E-state index contributed by atoms with van der Waals surface area (Å²) in [6.07, 6.45) is 10.1. The molecule has 1 fully saturated rings. The van der Waals surface area contributed by atoms with E-state index in [1.807, 2.05) is 30.5 Å². The maximum atomic E-state index is 12.5. The molecule has 1 aliphatic heterocycles. The fourth-order valence-electron chi connectivity index (χ4n) is 3.32. The van der Waals surface area contributed by atoms with Crippen molar-refractivity contribution in [1.29, 1.82) is 0 Å². The average Bonchev–Trinajstić information content (AvgIpc) is 3.47. The summed E-state index contributed by atoms with van der Waals surface area (Å²) in [5.74, 6) is 0.980. The van der Waals surface area contributed by atoms with Crippen LogP contribution in [0.2, 0.25) is 0 Å². The largest absolute Gasteiger partial charge is 0.415 e. The number of hydrogen-bond acceptors (Lipinski definition) is 6. The second-order valence-electron chi connectivity index (χ2n) is 7.24. The van der Waals surface area contributed by atoms with E-state index in [9.17, 15) is 4.79 Å². The zero-order chi connectivity index (χ0) is 20.8. The number of amides is 1. The molecule has 3 heterocycles. The monoisotopic (exact) mass is 427 g/mol. The Morgan fingerprint density at radius 3 is 2.73 bits per heavy atom. The number of hydrogen-bond donors (Lipinski definition) is 1. The molecule has 4 rings (SSSR count). The van der Waals surface area contributed by atoms with Gasteiger partial charge in [0.25, 0.3) is 0 Å². The number of nitrogens with one attached hydrogen (secondary N) is 1. The summed E-state index contributed by atoms with van der Waals surface area (Å²) < 4.78 is 7.18. The lowest BCUT2D eigenvalue weighted by molar-refractivity contribution is 0.0541. The summed E-state index contributed by atoms with van der Waals surface area (Å²) >= 11 is 1.65. The van der Waals surface area contributed by atoms with Crippen LogP contribution in [0.3, 0.4) is 0 Å². The summed E-state index contributed by atoms with van der Waals surface area (Å²) in [5, 5.41) is 1.13. The van der Waals surface area contributed by atoms with Crippen molar-refractivity contribution in [3.63, 3.8) is 0 Å². The van der Waals surface area contributed by atoms with Crippen LogP contribution in [0.5, 0.6) is 5.75 Å². The Morgan fingerprint density at radius 2 is 2.07 bits per heavy atom. The lowest BCUT2D eigenvalue weighted by atomic mass is 9.98. The molecule has 0 aliphatic carbocycles. The number of imidazole rings is 2. The molecule has 2 aromatic heterocycles. The Labute approximate surface area is 179 Å². The summed E-state index contributed by atoms with van der Waals surface area (Å²) in [4.78, 5) is 31.2. The molecule has 1 N–H and O–H groups in total. The molecule has 3 aromatic rings. The smallest absolute Gasteiger partial charge is 0.413 e. The molecule has 1 aliphatic rings. The number of ether oxygens (including phenoxy) is 1. The number of rotatable bonds is 7. The van der Waals surface area contributed by atoms with Gasteiger partial charge in [0.2, 0.25) is 0 Å². The van der Waals surface area contributed by atoms with E-state index in [2.05, 4.69) is 21.9 Å². The Morgan fingerprint density at radius 1 is 1.27 bits per heavy atom. The van der Waals surface area contributed by atoms with Crippen LogP contribution in [0.15, 0.2) is 60.5 Å². The Balaban J connectivity index is 1.22. The highest BCUT2D eigenvalue weighted by Gasteiger charge is 2.24. The van der Waals surface area contributed by atoms with Gasteiger partial charge in [-0.1, -0.05) is 23.9 Å². The van der Waals surface area contributed by atoms with E-state index >= 15 is 0 Å². The molecule has 1 atom stereocenters. The normalized spacial score (nSPS) is 15.7. The molecule has 1 unspecified atom stereocenters. The molecular formula is C21H25N5O3S. The molecule has 8 nitrogen and oxygen atoms in total. The highest BCUT2D eigenvalue weighted by atomic mass is 32.2. The minimum absolute atomic E-state index is 0.240. The number of aromatic amines is 1. The second kappa shape index (κ2) is 9.71. The van der Waals surface area contributed by atoms with E-state index in [0.717, 1.165) is 23.6 Å². The lowest BCUT2D eigenvalue weighted by Crippen LogP contribution is -2.41. The van der Waals surface area contributed by atoms with E-state index in [4.69, 9.17) is 9.57 Å². The van der Waals surface area contributed by atoms with Crippen molar-refractivity contribution in [2.75, 3.05) is 19.7 Å². The van der Waals surface area contributed by atoms with Crippen molar-refractivity contribution in [1.82, 2.24) is 24.6 Å². The standard InChI is InChI=1S/C21H25N5O3S/c1-16(30-20-23-8-9-24-20)18-2-4-19(5-3-18)29-21(27)25-11-6-17(7-12-25)14-28-26-13-10-22-15-26/h2-5,8-10,13,15-17H,6-7,11-12,14H2,1H3,(H,23,24).